The number of amides is 2. The molecule has 28 heavy (non-hydrogen) atoms. The Morgan fingerprint density at radius 3 is 2.64 bits per heavy atom. The van der Waals surface area contributed by atoms with Gasteiger partial charge in [-0.1, -0.05) is 42.5 Å². The maximum atomic E-state index is 13.9. The van der Waals surface area contributed by atoms with Crippen LogP contribution in [-0.4, -0.2) is 48.3 Å². The van der Waals surface area contributed by atoms with Crippen molar-refractivity contribution in [3.05, 3.63) is 71.3 Å². The van der Waals surface area contributed by atoms with Crippen LogP contribution in [0.15, 0.2) is 48.5 Å². The van der Waals surface area contributed by atoms with Crippen LogP contribution >= 0.6 is 0 Å². The Morgan fingerprint density at radius 1 is 1.14 bits per heavy atom. The number of halogens is 2. The molecule has 2 aromatic carbocycles. The molecule has 1 spiro atoms. The molecule has 2 aromatic rings. The van der Waals surface area contributed by atoms with Crippen LogP contribution in [0.2, 0.25) is 0 Å². The third-order valence-corrected chi connectivity index (χ3v) is 6.12. The lowest BCUT2D eigenvalue weighted by Crippen LogP contribution is -2.39. The molecule has 0 aromatic heterocycles. The van der Waals surface area contributed by atoms with E-state index in [1.54, 1.807) is 16.8 Å². The minimum atomic E-state index is -0.983. The Morgan fingerprint density at radius 2 is 1.89 bits per heavy atom. The van der Waals surface area contributed by atoms with Crippen molar-refractivity contribution >= 4 is 11.8 Å². The highest BCUT2D eigenvalue weighted by molar-refractivity contribution is 5.89. The number of hydrogen-bond acceptors (Lipinski definition) is 2. The number of nitrogens with zero attached hydrogens (tertiary/aromatic N) is 2. The van der Waals surface area contributed by atoms with Crippen molar-refractivity contribution in [1.29, 1.82) is 0 Å². The first-order valence-electron chi connectivity index (χ1n) is 9.43. The molecule has 2 amide bonds. The number of carbonyl (C=O) groups excluding carboxylic acids is 2. The molecule has 4 nitrogen and oxygen atoms in total. The van der Waals surface area contributed by atoms with E-state index < -0.39 is 17.0 Å². The summed E-state index contributed by atoms with van der Waals surface area (Å²) in [6.45, 7) is 1.37. The normalized spacial score (nSPS) is 24.4. The van der Waals surface area contributed by atoms with Gasteiger partial charge in [0.1, 0.15) is 0 Å². The van der Waals surface area contributed by atoms with Gasteiger partial charge in [0.25, 0.3) is 0 Å². The van der Waals surface area contributed by atoms with E-state index >= 15 is 0 Å². The zero-order chi connectivity index (χ0) is 19.9. The first-order valence-corrected chi connectivity index (χ1v) is 9.43. The van der Waals surface area contributed by atoms with E-state index in [9.17, 15) is 18.4 Å². The Kier molecular flexibility index (Phi) is 4.65. The molecule has 2 heterocycles. The largest absolute Gasteiger partial charge is 0.345 e. The maximum Gasteiger partial charge on any atom is 0.231 e. The number of likely N-dealkylation sites (N-methyl/N-ethyl adjacent to an activating group) is 1. The van der Waals surface area contributed by atoms with Crippen LogP contribution in [0, 0.1) is 17.0 Å². The molecular weight excluding hydrogens is 362 g/mol. The average Bonchev–Trinajstić information content (AvgIpc) is 3.25. The van der Waals surface area contributed by atoms with E-state index in [2.05, 4.69) is 0 Å². The Balaban J connectivity index is 1.56. The summed E-state index contributed by atoms with van der Waals surface area (Å²) in [6, 6.07) is 13.7. The lowest BCUT2D eigenvalue weighted by Gasteiger charge is -2.28. The lowest BCUT2D eigenvalue weighted by atomic mass is 9.73. The summed E-state index contributed by atoms with van der Waals surface area (Å²) in [6.07, 6.45) is 0.368. The number of carbonyl (C=O) groups is 2. The van der Waals surface area contributed by atoms with Gasteiger partial charge in [0.15, 0.2) is 11.6 Å². The topological polar surface area (TPSA) is 40.6 Å². The lowest BCUT2D eigenvalue weighted by molar-refractivity contribution is -0.135. The third kappa shape index (κ3) is 2.97. The average molecular weight is 384 g/mol. The van der Waals surface area contributed by atoms with Crippen molar-refractivity contribution in [2.24, 2.45) is 5.41 Å². The van der Waals surface area contributed by atoms with E-state index in [1.165, 1.54) is 12.1 Å². The molecule has 2 saturated heterocycles. The minimum Gasteiger partial charge on any atom is -0.345 e. The van der Waals surface area contributed by atoms with Gasteiger partial charge >= 0.3 is 0 Å². The van der Waals surface area contributed by atoms with Gasteiger partial charge in [-0.2, -0.15) is 0 Å². The number of rotatable bonds is 3. The van der Waals surface area contributed by atoms with Gasteiger partial charge in [-0.05, 0) is 18.1 Å². The highest BCUT2D eigenvalue weighted by atomic mass is 19.2. The molecule has 146 valence electrons. The van der Waals surface area contributed by atoms with Crippen molar-refractivity contribution in [3.8, 4) is 0 Å². The van der Waals surface area contributed by atoms with Crippen molar-refractivity contribution in [2.75, 3.05) is 26.7 Å². The number of hydrogen-bond donors (Lipinski definition) is 0. The van der Waals surface area contributed by atoms with Crippen molar-refractivity contribution in [2.45, 2.75) is 18.8 Å². The molecule has 4 rings (SSSR count). The Labute approximate surface area is 162 Å². The smallest absolute Gasteiger partial charge is 0.231 e. The van der Waals surface area contributed by atoms with Crippen LogP contribution in [0.1, 0.15) is 23.5 Å². The molecule has 0 radical (unpaired) electrons. The van der Waals surface area contributed by atoms with E-state index in [0.717, 1.165) is 11.6 Å². The van der Waals surface area contributed by atoms with Crippen LogP contribution in [0.4, 0.5) is 8.78 Å². The van der Waals surface area contributed by atoms with Gasteiger partial charge in [-0.3, -0.25) is 9.59 Å². The third-order valence-electron chi connectivity index (χ3n) is 6.12. The molecule has 0 N–H and O–H groups in total. The van der Waals surface area contributed by atoms with Gasteiger partial charge in [0, 0.05) is 38.2 Å². The second-order valence-corrected chi connectivity index (χ2v) is 7.76. The number of likely N-dealkylation sites (tertiary alicyclic amines) is 2. The van der Waals surface area contributed by atoms with E-state index in [4.69, 9.17) is 0 Å². The zero-order valence-electron chi connectivity index (χ0n) is 15.7. The summed E-state index contributed by atoms with van der Waals surface area (Å²) in [4.78, 5) is 29.1. The second-order valence-electron chi connectivity index (χ2n) is 7.76. The van der Waals surface area contributed by atoms with Crippen LogP contribution in [-0.2, 0) is 16.0 Å². The van der Waals surface area contributed by atoms with Gasteiger partial charge < -0.3 is 9.80 Å². The van der Waals surface area contributed by atoms with E-state index in [-0.39, 0.29) is 29.7 Å². The monoisotopic (exact) mass is 384 g/mol. The summed E-state index contributed by atoms with van der Waals surface area (Å²) in [5.41, 5.74) is 0.484. The summed E-state index contributed by atoms with van der Waals surface area (Å²) in [5.74, 6) is -2.16. The highest BCUT2D eigenvalue weighted by Crippen LogP contribution is 2.49. The summed E-state index contributed by atoms with van der Waals surface area (Å²) in [7, 11) is 1.79. The maximum absolute atomic E-state index is 13.9. The van der Waals surface area contributed by atoms with E-state index in [1.807, 2.05) is 30.3 Å². The molecule has 2 fully saturated rings. The first-order chi connectivity index (χ1) is 13.4. The van der Waals surface area contributed by atoms with Gasteiger partial charge in [-0.15, -0.1) is 0 Å². The molecular formula is C22H22F2N2O2. The summed E-state index contributed by atoms with van der Waals surface area (Å²) < 4.78 is 27.4. The van der Waals surface area contributed by atoms with Crippen molar-refractivity contribution in [1.82, 2.24) is 9.80 Å². The fraction of sp³-hybridized carbons (Fsp3) is 0.364. The van der Waals surface area contributed by atoms with Crippen molar-refractivity contribution < 1.29 is 18.4 Å². The molecule has 0 aliphatic carbocycles. The fourth-order valence-electron chi connectivity index (χ4n) is 4.64. The molecule has 2 atom stereocenters. The highest BCUT2D eigenvalue weighted by Gasteiger charge is 2.57. The Hall–Kier alpha value is -2.76. The SMILES string of the molecule is CN1C[C@H](c2ccccc2)[C@]2(CCN(C(=O)Cc3cccc(F)c3F)C2)C1=O. The fourth-order valence-corrected chi connectivity index (χ4v) is 4.64. The van der Waals surface area contributed by atoms with Crippen LogP contribution in [0.25, 0.3) is 0 Å². The van der Waals surface area contributed by atoms with Crippen LogP contribution in [0.5, 0.6) is 0 Å². The Bertz CT molecular complexity index is 918. The first kappa shape index (κ1) is 18.6. The summed E-state index contributed by atoms with van der Waals surface area (Å²) in [5, 5.41) is 0. The zero-order valence-corrected chi connectivity index (χ0v) is 15.7. The van der Waals surface area contributed by atoms with Crippen molar-refractivity contribution in [3.63, 3.8) is 0 Å². The molecule has 0 unspecified atom stereocenters. The second kappa shape index (κ2) is 7.00. The summed E-state index contributed by atoms with van der Waals surface area (Å²) >= 11 is 0. The molecule has 0 bridgehead atoms. The standard InChI is InChI=1S/C22H22F2N2O2/c1-25-13-17(15-6-3-2-4-7-15)22(21(25)28)10-11-26(14-22)19(27)12-16-8-5-9-18(23)20(16)24/h2-9,17H,10-14H2,1H3/t17-,22-/m1/s1. The predicted molar refractivity (Wildman–Crippen MR) is 101 cm³/mol. The molecule has 2 aliphatic heterocycles. The van der Waals surface area contributed by atoms with Crippen LogP contribution < -0.4 is 0 Å². The number of benzene rings is 2. The van der Waals surface area contributed by atoms with Crippen LogP contribution in [0.3, 0.4) is 0 Å². The quantitative estimate of drug-likeness (QED) is 0.816. The molecule has 0 saturated carbocycles. The van der Waals surface area contributed by atoms with Gasteiger partial charge in [0.05, 0.1) is 11.8 Å². The predicted octanol–water partition coefficient (Wildman–Crippen LogP) is 2.98. The van der Waals surface area contributed by atoms with Gasteiger partial charge in [-0.25, -0.2) is 8.78 Å². The van der Waals surface area contributed by atoms with Gasteiger partial charge in [0.2, 0.25) is 11.8 Å². The van der Waals surface area contributed by atoms with E-state index in [0.29, 0.717) is 26.1 Å². The minimum absolute atomic E-state index is 0.00917. The molecule has 2 aliphatic rings. The molecule has 6 heteroatoms.